The Balaban J connectivity index is 1.29. The molecule has 0 saturated heterocycles. The van der Waals surface area contributed by atoms with Crippen LogP contribution in [0.25, 0.3) is 10.9 Å². The Kier molecular flexibility index (Phi) is 9.44. The first kappa shape index (κ1) is 26.6. The van der Waals surface area contributed by atoms with Crippen LogP contribution in [0.15, 0.2) is 67.1 Å². The molecule has 6 nitrogen and oxygen atoms in total. The maximum atomic E-state index is 12.3. The van der Waals surface area contributed by atoms with E-state index in [1.54, 1.807) is 12.1 Å². The molecule has 2 aromatic carbocycles. The summed E-state index contributed by atoms with van der Waals surface area (Å²) in [5.74, 6) is 0.527. The van der Waals surface area contributed by atoms with Crippen LogP contribution >= 0.6 is 0 Å². The molecule has 0 aliphatic rings. The minimum absolute atomic E-state index is 0.0602. The summed E-state index contributed by atoms with van der Waals surface area (Å²) in [6, 6.07) is 15.7. The number of ether oxygens (including phenoxy) is 1. The van der Waals surface area contributed by atoms with Crippen molar-refractivity contribution in [1.82, 2.24) is 9.55 Å². The normalized spacial score (nSPS) is 12.2. The molecule has 2 heterocycles. The lowest BCUT2D eigenvalue weighted by molar-refractivity contribution is -0.121. The molecule has 0 amide bonds. The van der Waals surface area contributed by atoms with Gasteiger partial charge in [0.05, 0.1) is 11.6 Å². The molecular formula is C31H38N2O4. The lowest BCUT2D eigenvalue weighted by atomic mass is 10.0. The van der Waals surface area contributed by atoms with E-state index in [4.69, 9.17) is 4.74 Å². The fraction of sp³-hybridized carbons (Fsp3) is 0.387. The Morgan fingerprint density at radius 3 is 2.68 bits per heavy atom. The molecule has 0 aliphatic carbocycles. The molecular weight excluding hydrogens is 464 g/mol. The number of phenolic OH excluding ortho intramolecular Hbond substituents is 1. The number of aliphatic hydroxyl groups excluding tert-OH is 1. The number of rotatable bonds is 15. The number of aromatic hydroxyl groups is 1. The minimum atomic E-state index is -0.552. The Bertz CT molecular complexity index is 1280. The minimum Gasteiger partial charge on any atom is -0.504 e. The van der Waals surface area contributed by atoms with Crippen molar-refractivity contribution >= 4 is 16.7 Å². The number of nitrogens with zero attached hydrogens (tertiary/aromatic N) is 1. The van der Waals surface area contributed by atoms with E-state index in [9.17, 15) is 15.0 Å². The number of hydrogen-bond acceptors (Lipinski definition) is 4. The van der Waals surface area contributed by atoms with Gasteiger partial charge in [0.15, 0.2) is 18.2 Å². The van der Waals surface area contributed by atoms with Crippen LogP contribution in [0.1, 0.15) is 62.1 Å². The van der Waals surface area contributed by atoms with Crippen molar-refractivity contribution in [2.24, 2.45) is 0 Å². The van der Waals surface area contributed by atoms with Gasteiger partial charge in [0, 0.05) is 36.8 Å². The van der Waals surface area contributed by atoms with Crippen LogP contribution in [0, 0.1) is 0 Å². The third-order valence-electron chi connectivity index (χ3n) is 6.84. The summed E-state index contributed by atoms with van der Waals surface area (Å²) in [4.78, 5) is 15.6. The zero-order valence-electron chi connectivity index (χ0n) is 21.7. The number of carbonyl (C=O) groups is 1. The van der Waals surface area contributed by atoms with Crippen LogP contribution in [0.3, 0.4) is 0 Å². The van der Waals surface area contributed by atoms with E-state index >= 15 is 0 Å². The zero-order chi connectivity index (χ0) is 26.0. The number of aryl methyl sites for hydroxylation is 3. The van der Waals surface area contributed by atoms with Crippen LogP contribution < -0.4 is 4.74 Å². The molecule has 0 radical (unpaired) electrons. The molecule has 4 rings (SSSR count). The third-order valence-corrected chi connectivity index (χ3v) is 6.84. The van der Waals surface area contributed by atoms with Gasteiger partial charge in [0.2, 0.25) is 0 Å². The van der Waals surface area contributed by atoms with E-state index in [2.05, 4.69) is 48.6 Å². The number of fused-ring (bicyclic) bond motifs is 1. The summed E-state index contributed by atoms with van der Waals surface area (Å²) in [6.07, 6.45) is 12.5. The fourth-order valence-corrected chi connectivity index (χ4v) is 4.68. The number of benzene rings is 2. The zero-order valence-corrected chi connectivity index (χ0v) is 21.7. The predicted octanol–water partition coefficient (Wildman–Crippen LogP) is 6.33. The largest absolute Gasteiger partial charge is 0.504 e. The van der Waals surface area contributed by atoms with E-state index in [0.29, 0.717) is 25.0 Å². The molecule has 1 atom stereocenters. The quantitative estimate of drug-likeness (QED) is 0.166. The second-order valence-corrected chi connectivity index (χ2v) is 9.87. The molecule has 0 saturated carbocycles. The Labute approximate surface area is 218 Å². The van der Waals surface area contributed by atoms with Gasteiger partial charge in [-0.25, -0.2) is 0 Å². The maximum absolute atomic E-state index is 12.3. The van der Waals surface area contributed by atoms with Crippen LogP contribution in [0.2, 0.25) is 0 Å². The molecule has 0 spiro atoms. The lowest BCUT2D eigenvalue weighted by Gasteiger charge is -2.11. The molecule has 6 heteroatoms. The second-order valence-electron chi connectivity index (χ2n) is 9.87. The van der Waals surface area contributed by atoms with Crippen molar-refractivity contribution in [3.8, 4) is 11.5 Å². The average molecular weight is 503 g/mol. The topological polar surface area (TPSA) is 87.5 Å². The van der Waals surface area contributed by atoms with Crippen LogP contribution in [0.5, 0.6) is 11.5 Å². The monoisotopic (exact) mass is 502 g/mol. The van der Waals surface area contributed by atoms with Crippen molar-refractivity contribution in [3.63, 3.8) is 0 Å². The van der Waals surface area contributed by atoms with E-state index in [1.165, 1.54) is 16.5 Å². The number of unbranched alkanes of at least 4 members (excludes halogenated alkanes) is 2. The van der Waals surface area contributed by atoms with Gasteiger partial charge in [-0.3, -0.25) is 4.79 Å². The lowest BCUT2D eigenvalue weighted by Crippen LogP contribution is -2.14. The average Bonchev–Trinajstić information content (AvgIpc) is 3.47. The molecule has 0 bridgehead atoms. The van der Waals surface area contributed by atoms with Gasteiger partial charge in [0.1, 0.15) is 5.78 Å². The summed E-state index contributed by atoms with van der Waals surface area (Å²) in [5.41, 5.74) is 4.56. The molecule has 0 fully saturated rings. The summed E-state index contributed by atoms with van der Waals surface area (Å²) in [5, 5.41) is 21.5. The molecule has 37 heavy (non-hydrogen) atoms. The highest BCUT2D eigenvalue weighted by Gasteiger charge is 2.13. The Hall–Kier alpha value is -3.51. The molecule has 3 N–H and O–H groups in total. The van der Waals surface area contributed by atoms with E-state index in [1.807, 2.05) is 22.9 Å². The Morgan fingerprint density at radius 2 is 1.86 bits per heavy atom. The van der Waals surface area contributed by atoms with Crippen molar-refractivity contribution in [3.05, 3.63) is 83.8 Å². The van der Waals surface area contributed by atoms with Crippen molar-refractivity contribution in [2.75, 3.05) is 0 Å². The summed E-state index contributed by atoms with van der Waals surface area (Å²) in [7, 11) is 0. The highest BCUT2D eigenvalue weighted by Crippen LogP contribution is 2.28. The second kappa shape index (κ2) is 13.2. The standard InChI is InChI=1S/C31H38N2O4/c1-2-3-5-10-26(34)18-27(35)15-12-24-13-16-30(36)31(17-24)37-22-33-20-28-25(19-32-29(28)21-33)14-11-23-8-6-4-7-9-23/h4,6-9,13,16-17,19-21,26,32,34,36H,2-3,5,10-12,14-15,18,22H2,1H3/t26-/m1/s1. The van der Waals surface area contributed by atoms with Crippen molar-refractivity contribution in [1.29, 1.82) is 0 Å². The van der Waals surface area contributed by atoms with Crippen LogP contribution in [-0.2, 0) is 30.8 Å². The number of aromatic amines is 1. The van der Waals surface area contributed by atoms with Gasteiger partial charge in [-0.15, -0.1) is 0 Å². The number of H-pyrrole nitrogens is 1. The number of phenols is 1. The number of ketones is 1. The highest BCUT2D eigenvalue weighted by molar-refractivity contribution is 5.83. The molecule has 4 aromatic rings. The van der Waals surface area contributed by atoms with Crippen molar-refractivity contribution in [2.45, 2.75) is 77.5 Å². The number of aliphatic hydroxyl groups is 1. The molecule has 2 aromatic heterocycles. The first-order valence-corrected chi connectivity index (χ1v) is 13.4. The van der Waals surface area contributed by atoms with E-state index in [-0.39, 0.29) is 24.7 Å². The highest BCUT2D eigenvalue weighted by atomic mass is 16.5. The SMILES string of the molecule is CCCCC[C@@H](O)CC(=O)CCc1ccc(O)c(OCn2cc3[nH]cc(CCc4ccccc4)c3c2)c1. The van der Waals surface area contributed by atoms with Gasteiger partial charge >= 0.3 is 0 Å². The number of carbonyl (C=O) groups excluding carboxylic acids is 1. The van der Waals surface area contributed by atoms with Gasteiger partial charge in [-0.2, -0.15) is 0 Å². The summed E-state index contributed by atoms with van der Waals surface area (Å²) < 4.78 is 7.89. The summed E-state index contributed by atoms with van der Waals surface area (Å²) >= 11 is 0. The number of nitrogens with one attached hydrogen (secondary N) is 1. The first-order valence-electron chi connectivity index (χ1n) is 13.4. The third kappa shape index (κ3) is 7.73. The van der Waals surface area contributed by atoms with Crippen molar-refractivity contribution < 1.29 is 19.7 Å². The van der Waals surface area contributed by atoms with Crippen LogP contribution in [-0.4, -0.2) is 31.7 Å². The first-order chi connectivity index (χ1) is 18.0. The molecule has 0 unspecified atom stereocenters. The predicted molar refractivity (Wildman–Crippen MR) is 147 cm³/mol. The maximum Gasteiger partial charge on any atom is 0.165 e. The van der Waals surface area contributed by atoms with Gasteiger partial charge in [0.25, 0.3) is 0 Å². The smallest absolute Gasteiger partial charge is 0.165 e. The van der Waals surface area contributed by atoms with Gasteiger partial charge in [-0.05, 0) is 54.5 Å². The molecule has 196 valence electrons. The number of aromatic nitrogens is 2. The van der Waals surface area contributed by atoms with Crippen LogP contribution in [0.4, 0.5) is 0 Å². The Morgan fingerprint density at radius 1 is 1.03 bits per heavy atom. The molecule has 0 aliphatic heterocycles. The van der Waals surface area contributed by atoms with Gasteiger partial charge < -0.3 is 24.5 Å². The fourth-order valence-electron chi connectivity index (χ4n) is 4.68. The number of hydrogen-bond donors (Lipinski definition) is 3. The van der Waals surface area contributed by atoms with E-state index in [0.717, 1.165) is 43.2 Å². The number of Topliss-reactive ketones (excluding diaryl/α,β-unsaturated/α-hetero) is 1. The van der Waals surface area contributed by atoms with E-state index < -0.39 is 6.10 Å². The van der Waals surface area contributed by atoms with Gasteiger partial charge in [-0.1, -0.05) is 62.6 Å². The summed E-state index contributed by atoms with van der Waals surface area (Å²) in [6.45, 7) is 2.39.